The van der Waals surface area contributed by atoms with Gasteiger partial charge in [0.1, 0.15) is 17.5 Å². The van der Waals surface area contributed by atoms with E-state index in [1.165, 1.54) is 75.3 Å². The van der Waals surface area contributed by atoms with E-state index in [0.717, 1.165) is 29.4 Å². The lowest BCUT2D eigenvalue weighted by Gasteiger charge is -2.22. The highest BCUT2D eigenvalue weighted by Crippen LogP contribution is 2.36. The highest BCUT2D eigenvalue weighted by molar-refractivity contribution is 5.85. The van der Waals surface area contributed by atoms with E-state index in [9.17, 15) is 0 Å². The first-order chi connectivity index (χ1) is 14.2. The fourth-order valence-corrected chi connectivity index (χ4v) is 4.80. The van der Waals surface area contributed by atoms with Crippen molar-refractivity contribution in [2.24, 2.45) is 0 Å². The highest BCUT2D eigenvalue weighted by atomic mass is 15.1. The molecule has 4 heteroatoms. The third-order valence-corrected chi connectivity index (χ3v) is 6.47. The molecule has 0 atom stereocenters. The molecule has 0 unspecified atom stereocenters. The Kier molecular flexibility index (Phi) is 6.68. The van der Waals surface area contributed by atoms with Crippen molar-refractivity contribution < 1.29 is 0 Å². The number of benzene rings is 1. The van der Waals surface area contributed by atoms with Gasteiger partial charge in [-0.3, -0.25) is 0 Å². The maximum atomic E-state index is 4.86. The van der Waals surface area contributed by atoms with Crippen molar-refractivity contribution in [1.82, 2.24) is 9.97 Å². The average Bonchev–Trinajstić information content (AvgIpc) is 3.41. The first-order valence-corrected chi connectivity index (χ1v) is 11.7. The molecule has 156 valence electrons. The van der Waals surface area contributed by atoms with Crippen molar-refractivity contribution in [2.45, 2.75) is 96.6 Å². The van der Waals surface area contributed by atoms with Crippen LogP contribution in [0.2, 0.25) is 0 Å². The van der Waals surface area contributed by atoms with Gasteiger partial charge in [-0.2, -0.15) is 0 Å². The maximum Gasteiger partial charge on any atom is 0.140 e. The number of anilines is 2. The molecule has 0 bridgehead atoms. The Hall–Kier alpha value is -2.10. The third-order valence-electron chi connectivity index (χ3n) is 6.47. The van der Waals surface area contributed by atoms with Crippen LogP contribution in [0.4, 0.5) is 11.6 Å². The molecule has 0 radical (unpaired) electrons. The normalized spacial score (nSPS) is 17.7. The van der Waals surface area contributed by atoms with Crippen molar-refractivity contribution in [3.8, 4) is 11.1 Å². The Morgan fingerprint density at radius 2 is 1.34 bits per heavy atom. The van der Waals surface area contributed by atoms with E-state index in [0.29, 0.717) is 12.1 Å². The van der Waals surface area contributed by atoms with Gasteiger partial charge in [-0.1, -0.05) is 63.3 Å². The fraction of sp³-hybridized carbons (Fsp3) is 0.600. The van der Waals surface area contributed by atoms with Crippen LogP contribution in [0.1, 0.15) is 82.5 Å². The molecule has 1 heterocycles. The van der Waals surface area contributed by atoms with Crippen LogP contribution >= 0.6 is 0 Å². The van der Waals surface area contributed by atoms with Crippen LogP contribution < -0.4 is 10.6 Å². The molecule has 2 aromatic rings. The number of unbranched alkanes of at least 4 members (excludes halogenated alkanes) is 1. The summed E-state index contributed by atoms with van der Waals surface area (Å²) >= 11 is 0. The Morgan fingerprint density at radius 3 is 1.83 bits per heavy atom. The van der Waals surface area contributed by atoms with Crippen LogP contribution in [0.5, 0.6) is 0 Å². The number of nitrogens with one attached hydrogen (secondary N) is 2. The first-order valence-electron chi connectivity index (χ1n) is 11.7. The van der Waals surface area contributed by atoms with Crippen LogP contribution in [0.15, 0.2) is 24.3 Å². The van der Waals surface area contributed by atoms with Gasteiger partial charge in [0, 0.05) is 12.1 Å². The monoisotopic (exact) mass is 392 g/mol. The molecule has 0 amide bonds. The second-order valence-corrected chi connectivity index (χ2v) is 8.89. The molecular formula is C25H36N4. The molecule has 2 fully saturated rings. The van der Waals surface area contributed by atoms with Crippen molar-refractivity contribution in [3.63, 3.8) is 0 Å². The molecule has 1 aromatic heterocycles. The largest absolute Gasteiger partial charge is 0.367 e. The van der Waals surface area contributed by atoms with E-state index in [2.05, 4.69) is 41.8 Å². The summed E-state index contributed by atoms with van der Waals surface area (Å²) in [6.45, 7) is 4.26. The van der Waals surface area contributed by atoms with Crippen LogP contribution in [-0.4, -0.2) is 22.1 Å². The van der Waals surface area contributed by atoms with Gasteiger partial charge in [0.05, 0.1) is 5.56 Å². The molecule has 0 aliphatic heterocycles. The standard InChI is InChI=1S/C25H36N4/c1-3-4-9-19-14-16-20(17-15-19)23-24(28-21-10-5-6-11-21)26-18(2)27-25(23)29-22-12-7-8-13-22/h14-17,21-22H,3-13H2,1-2H3,(H2,26,27,28,29). The van der Waals surface area contributed by atoms with Gasteiger partial charge in [0.25, 0.3) is 0 Å². The molecule has 2 saturated carbocycles. The summed E-state index contributed by atoms with van der Waals surface area (Å²) in [5, 5.41) is 7.54. The second-order valence-electron chi connectivity index (χ2n) is 8.89. The zero-order valence-electron chi connectivity index (χ0n) is 18.1. The Bertz CT molecular complexity index is 748. The summed E-state index contributed by atoms with van der Waals surface area (Å²) in [6, 6.07) is 10.2. The minimum absolute atomic E-state index is 0.534. The number of hydrogen-bond donors (Lipinski definition) is 2. The SMILES string of the molecule is CCCCc1ccc(-c2c(NC3CCCC3)nc(C)nc2NC2CCCC2)cc1. The molecule has 1 aromatic carbocycles. The minimum atomic E-state index is 0.534. The molecule has 4 nitrogen and oxygen atoms in total. The fourth-order valence-electron chi connectivity index (χ4n) is 4.80. The molecule has 2 aliphatic rings. The second kappa shape index (κ2) is 9.60. The Morgan fingerprint density at radius 1 is 0.828 bits per heavy atom. The summed E-state index contributed by atoms with van der Waals surface area (Å²) in [7, 11) is 0. The quantitative estimate of drug-likeness (QED) is 0.538. The van der Waals surface area contributed by atoms with E-state index < -0.39 is 0 Å². The van der Waals surface area contributed by atoms with Crippen LogP contribution in [0, 0.1) is 6.92 Å². The Labute approximate surface area is 175 Å². The van der Waals surface area contributed by atoms with Crippen LogP contribution in [-0.2, 0) is 6.42 Å². The molecule has 2 aliphatic carbocycles. The number of aryl methyl sites for hydroxylation is 2. The first kappa shape index (κ1) is 20.2. The van der Waals surface area contributed by atoms with Crippen LogP contribution in [0.25, 0.3) is 11.1 Å². The number of nitrogens with zero attached hydrogens (tertiary/aromatic N) is 2. The van der Waals surface area contributed by atoms with E-state index in [1.807, 2.05) is 6.92 Å². The molecule has 0 spiro atoms. The maximum absolute atomic E-state index is 4.86. The van der Waals surface area contributed by atoms with E-state index >= 15 is 0 Å². The van der Waals surface area contributed by atoms with E-state index in [1.54, 1.807) is 0 Å². The van der Waals surface area contributed by atoms with Gasteiger partial charge in [-0.05, 0) is 56.6 Å². The summed E-state index contributed by atoms with van der Waals surface area (Å²) in [5.74, 6) is 2.85. The highest BCUT2D eigenvalue weighted by Gasteiger charge is 2.23. The van der Waals surface area contributed by atoms with Gasteiger partial charge >= 0.3 is 0 Å². The topological polar surface area (TPSA) is 49.8 Å². The summed E-state index contributed by atoms with van der Waals surface area (Å²) in [5.41, 5.74) is 3.78. The molecular weight excluding hydrogens is 356 g/mol. The predicted molar refractivity (Wildman–Crippen MR) is 123 cm³/mol. The lowest BCUT2D eigenvalue weighted by molar-refractivity contribution is 0.741. The minimum Gasteiger partial charge on any atom is -0.367 e. The van der Waals surface area contributed by atoms with E-state index in [4.69, 9.17) is 9.97 Å². The molecule has 2 N–H and O–H groups in total. The van der Waals surface area contributed by atoms with Gasteiger partial charge in [-0.15, -0.1) is 0 Å². The van der Waals surface area contributed by atoms with Crippen LogP contribution in [0.3, 0.4) is 0 Å². The van der Waals surface area contributed by atoms with Gasteiger partial charge in [-0.25, -0.2) is 9.97 Å². The Balaban J connectivity index is 1.68. The smallest absolute Gasteiger partial charge is 0.140 e. The summed E-state index contributed by atoms with van der Waals surface area (Å²) in [4.78, 5) is 9.72. The number of rotatable bonds is 8. The predicted octanol–water partition coefficient (Wildman–Crippen LogP) is 6.50. The zero-order valence-corrected chi connectivity index (χ0v) is 18.1. The lowest BCUT2D eigenvalue weighted by Crippen LogP contribution is -2.20. The van der Waals surface area contributed by atoms with Crippen molar-refractivity contribution in [1.29, 1.82) is 0 Å². The van der Waals surface area contributed by atoms with Gasteiger partial charge < -0.3 is 10.6 Å². The lowest BCUT2D eigenvalue weighted by atomic mass is 10.0. The molecule has 4 rings (SSSR count). The summed E-state index contributed by atoms with van der Waals surface area (Å²) < 4.78 is 0. The van der Waals surface area contributed by atoms with Gasteiger partial charge in [0.2, 0.25) is 0 Å². The molecule has 0 saturated heterocycles. The van der Waals surface area contributed by atoms with E-state index in [-0.39, 0.29) is 0 Å². The van der Waals surface area contributed by atoms with Crippen molar-refractivity contribution in [2.75, 3.05) is 10.6 Å². The summed E-state index contributed by atoms with van der Waals surface area (Å²) in [6.07, 6.45) is 13.9. The zero-order chi connectivity index (χ0) is 20.1. The van der Waals surface area contributed by atoms with Crippen molar-refractivity contribution >= 4 is 11.6 Å². The average molecular weight is 393 g/mol. The molecule has 29 heavy (non-hydrogen) atoms. The van der Waals surface area contributed by atoms with Crippen molar-refractivity contribution in [3.05, 3.63) is 35.7 Å². The third kappa shape index (κ3) is 5.09. The number of hydrogen-bond acceptors (Lipinski definition) is 4. The van der Waals surface area contributed by atoms with Gasteiger partial charge in [0.15, 0.2) is 0 Å². The number of aromatic nitrogens is 2.